The lowest BCUT2D eigenvalue weighted by Gasteiger charge is -2.13. The average Bonchev–Trinajstić information content (AvgIpc) is 2.29. The van der Waals surface area contributed by atoms with E-state index in [0.717, 1.165) is 31.8 Å². The fourth-order valence-corrected chi connectivity index (χ4v) is 0.998. The molecule has 1 aliphatic rings. The van der Waals surface area contributed by atoms with E-state index in [4.69, 9.17) is 10.00 Å². The predicted octanol–water partition coefficient (Wildman–Crippen LogP) is -1.35. The lowest BCUT2D eigenvalue weighted by Crippen LogP contribution is -2.19. The van der Waals surface area contributed by atoms with Crippen molar-refractivity contribution in [3.8, 4) is 6.07 Å². The third kappa shape index (κ3) is 9.11. The Kier molecular flexibility index (Phi) is 13.9. The largest absolute Gasteiger partial charge is 0.412 e. The second-order valence-electron chi connectivity index (χ2n) is 2.61. The third-order valence-corrected chi connectivity index (χ3v) is 1.66. The van der Waals surface area contributed by atoms with Crippen LogP contribution < -0.4 is 17.1 Å². The summed E-state index contributed by atoms with van der Waals surface area (Å²) >= 11 is 0. The molecule has 0 radical (unpaired) electrons. The number of hydrogen-bond acceptors (Lipinski definition) is 6. The van der Waals surface area contributed by atoms with Crippen LogP contribution >= 0.6 is 0 Å². The van der Waals surface area contributed by atoms with Crippen LogP contribution in [0.1, 0.15) is 19.3 Å². The maximum Gasteiger partial charge on any atom is 0.0640 e. The molecule has 0 bridgehead atoms. The molecule has 7 heteroatoms. The molecule has 15 heavy (non-hydrogen) atoms. The summed E-state index contributed by atoms with van der Waals surface area (Å²) in [4.78, 5) is 0. The van der Waals surface area contributed by atoms with Gasteiger partial charge < -0.3 is 15.6 Å². The fraction of sp³-hybridized carbons (Fsp3) is 0.750. The molecule has 1 saturated heterocycles. The highest BCUT2D eigenvalue weighted by atomic mass is 16.5. The van der Waals surface area contributed by atoms with E-state index in [1.165, 1.54) is 0 Å². The maximum absolute atomic E-state index is 8.24. The quantitative estimate of drug-likeness (QED) is 0.304. The molecule has 0 unspecified atom stereocenters. The zero-order chi connectivity index (χ0) is 10.6. The molecular formula is C8H19N5O2. The number of nitrogens with one attached hydrogen (secondary N) is 1. The molecule has 0 atom stereocenters. The molecule has 1 fully saturated rings. The van der Waals surface area contributed by atoms with Gasteiger partial charge in [-0.1, -0.05) is 0 Å². The SMILES string of the molecule is N#CCCNN=C1CCOCC1.NN.O. The van der Waals surface area contributed by atoms with Gasteiger partial charge in [-0.25, -0.2) is 0 Å². The van der Waals surface area contributed by atoms with Crippen molar-refractivity contribution >= 4 is 5.71 Å². The lowest BCUT2D eigenvalue weighted by molar-refractivity contribution is 0.134. The second kappa shape index (κ2) is 12.8. The van der Waals surface area contributed by atoms with E-state index >= 15 is 0 Å². The smallest absolute Gasteiger partial charge is 0.0640 e. The van der Waals surface area contributed by atoms with Gasteiger partial charge in [0.2, 0.25) is 0 Å². The van der Waals surface area contributed by atoms with Crippen molar-refractivity contribution in [1.82, 2.24) is 5.43 Å². The number of hydrogen-bond donors (Lipinski definition) is 3. The van der Waals surface area contributed by atoms with Crippen LogP contribution in [-0.2, 0) is 4.74 Å². The average molecular weight is 217 g/mol. The Hall–Kier alpha value is -1.20. The molecule has 0 amide bonds. The molecule has 1 aliphatic heterocycles. The highest BCUT2D eigenvalue weighted by molar-refractivity contribution is 5.84. The van der Waals surface area contributed by atoms with E-state index in [0.29, 0.717) is 13.0 Å². The van der Waals surface area contributed by atoms with Crippen molar-refractivity contribution in [1.29, 1.82) is 5.26 Å². The lowest BCUT2D eigenvalue weighted by atomic mass is 10.2. The summed E-state index contributed by atoms with van der Waals surface area (Å²) in [5.41, 5.74) is 4.02. The van der Waals surface area contributed by atoms with Gasteiger partial charge in [-0.15, -0.1) is 0 Å². The molecule has 0 aromatic carbocycles. The van der Waals surface area contributed by atoms with Crippen molar-refractivity contribution in [2.24, 2.45) is 16.8 Å². The standard InChI is InChI=1S/C8H13N3O.H4N2.H2O/c9-4-1-5-10-11-8-2-6-12-7-3-8;1-2;/h10H,1-3,5-7H2;1-2H2;1H2. The Morgan fingerprint density at radius 2 is 2.00 bits per heavy atom. The minimum atomic E-state index is 0. The number of nitrogens with two attached hydrogens (primary N) is 2. The third-order valence-electron chi connectivity index (χ3n) is 1.66. The summed E-state index contributed by atoms with van der Waals surface area (Å²) in [6.07, 6.45) is 2.34. The first-order valence-corrected chi connectivity index (χ1v) is 4.50. The topological polar surface area (TPSA) is 141 Å². The second-order valence-corrected chi connectivity index (χ2v) is 2.61. The molecule has 1 rings (SSSR count). The zero-order valence-electron chi connectivity index (χ0n) is 8.70. The van der Waals surface area contributed by atoms with Gasteiger partial charge in [0, 0.05) is 25.1 Å². The maximum atomic E-state index is 8.24. The minimum Gasteiger partial charge on any atom is -0.412 e. The van der Waals surface area contributed by atoms with Crippen LogP contribution in [0.2, 0.25) is 0 Å². The molecule has 0 saturated carbocycles. The Labute approximate surface area is 89.3 Å². The molecule has 88 valence electrons. The van der Waals surface area contributed by atoms with Crippen molar-refractivity contribution in [3.63, 3.8) is 0 Å². The van der Waals surface area contributed by atoms with Crippen molar-refractivity contribution < 1.29 is 10.2 Å². The number of hydrazine groups is 1. The van der Waals surface area contributed by atoms with Crippen LogP contribution in [0, 0.1) is 11.3 Å². The number of rotatable bonds is 3. The van der Waals surface area contributed by atoms with Gasteiger partial charge in [-0.3, -0.25) is 11.7 Å². The Balaban J connectivity index is 0. The van der Waals surface area contributed by atoms with Gasteiger partial charge in [0.15, 0.2) is 0 Å². The van der Waals surface area contributed by atoms with Crippen LogP contribution in [0.5, 0.6) is 0 Å². The van der Waals surface area contributed by atoms with Crippen LogP contribution in [0.15, 0.2) is 5.10 Å². The summed E-state index contributed by atoms with van der Waals surface area (Å²) in [6.45, 7) is 2.19. The molecule has 1 heterocycles. The fourth-order valence-electron chi connectivity index (χ4n) is 0.998. The molecule has 0 aromatic heterocycles. The number of nitriles is 1. The van der Waals surface area contributed by atoms with E-state index in [1.807, 2.05) is 6.07 Å². The van der Waals surface area contributed by atoms with E-state index < -0.39 is 0 Å². The Morgan fingerprint density at radius 1 is 1.40 bits per heavy atom. The van der Waals surface area contributed by atoms with E-state index in [-0.39, 0.29) is 5.48 Å². The molecule has 7 N–H and O–H groups in total. The van der Waals surface area contributed by atoms with E-state index in [1.54, 1.807) is 0 Å². The van der Waals surface area contributed by atoms with Crippen LogP contribution in [0.4, 0.5) is 0 Å². The van der Waals surface area contributed by atoms with Crippen LogP contribution in [-0.4, -0.2) is 30.9 Å². The van der Waals surface area contributed by atoms with Gasteiger partial charge in [-0.2, -0.15) is 10.4 Å². The van der Waals surface area contributed by atoms with Crippen molar-refractivity contribution in [3.05, 3.63) is 0 Å². The van der Waals surface area contributed by atoms with Gasteiger partial charge in [0.05, 0.1) is 25.7 Å². The number of nitrogens with zero attached hydrogens (tertiary/aromatic N) is 2. The highest BCUT2D eigenvalue weighted by Crippen LogP contribution is 2.01. The monoisotopic (exact) mass is 217 g/mol. The molecule has 0 aliphatic carbocycles. The normalized spacial score (nSPS) is 13.8. The van der Waals surface area contributed by atoms with Crippen molar-refractivity contribution in [2.45, 2.75) is 19.3 Å². The highest BCUT2D eigenvalue weighted by Gasteiger charge is 2.05. The van der Waals surface area contributed by atoms with E-state index in [9.17, 15) is 0 Å². The summed E-state index contributed by atoms with van der Waals surface area (Å²) < 4.78 is 5.17. The first-order valence-electron chi connectivity index (χ1n) is 4.50. The summed E-state index contributed by atoms with van der Waals surface area (Å²) in [5, 5.41) is 12.4. The van der Waals surface area contributed by atoms with Gasteiger partial charge in [0.25, 0.3) is 0 Å². The molecular weight excluding hydrogens is 198 g/mol. The Morgan fingerprint density at radius 3 is 2.53 bits per heavy atom. The summed E-state index contributed by atoms with van der Waals surface area (Å²) in [6, 6.07) is 2.05. The van der Waals surface area contributed by atoms with Gasteiger partial charge in [0.1, 0.15) is 0 Å². The molecule has 0 aromatic rings. The van der Waals surface area contributed by atoms with Gasteiger partial charge in [-0.05, 0) is 0 Å². The van der Waals surface area contributed by atoms with Crippen LogP contribution in [0.25, 0.3) is 0 Å². The zero-order valence-corrected chi connectivity index (χ0v) is 8.70. The summed E-state index contributed by atoms with van der Waals surface area (Å²) in [5.74, 6) is 8.00. The molecule has 7 nitrogen and oxygen atoms in total. The van der Waals surface area contributed by atoms with Crippen molar-refractivity contribution in [2.75, 3.05) is 19.8 Å². The van der Waals surface area contributed by atoms with Crippen LogP contribution in [0.3, 0.4) is 0 Å². The first kappa shape index (κ1) is 16.2. The molecule has 0 spiro atoms. The minimum absolute atomic E-state index is 0. The summed E-state index contributed by atoms with van der Waals surface area (Å²) in [7, 11) is 0. The first-order chi connectivity index (χ1) is 6.93. The predicted molar refractivity (Wildman–Crippen MR) is 57.7 cm³/mol. The number of hydrazone groups is 1. The van der Waals surface area contributed by atoms with Gasteiger partial charge >= 0.3 is 0 Å². The Bertz CT molecular complexity index is 194. The van der Waals surface area contributed by atoms with E-state index in [2.05, 4.69) is 22.2 Å². The number of ether oxygens (including phenoxy) is 1.